The Labute approximate surface area is 326 Å². The van der Waals surface area contributed by atoms with Crippen molar-refractivity contribution in [2.24, 2.45) is 23.7 Å². The fourth-order valence-corrected chi connectivity index (χ4v) is 7.14. The Hall–Kier alpha value is -5.12. The Balaban J connectivity index is 1.93. The largest absolute Gasteiger partial charge is 0.507 e. The minimum atomic E-state index is -2.02. The van der Waals surface area contributed by atoms with Gasteiger partial charge in [-0.15, -0.1) is 0 Å². The molecular formula is C41H54N2O13. The number of aliphatic hydroxyl groups is 2. The van der Waals surface area contributed by atoms with E-state index in [1.807, 2.05) is 0 Å². The van der Waals surface area contributed by atoms with Crippen LogP contribution in [0.15, 0.2) is 42.2 Å². The zero-order valence-corrected chi connectivity index (χ0v) is 33.5. The van der Waals surface area contributed by atoms with E-state index in [1.54, 1.807) is 46.8 Å². The third-order valence-electron chi connectivity index (χ3n) is 10.6. The Morgan fingerprint density at radius 1 is 0.982 bits per heavy atom. The van der Waals surface area contributed by atoms with Crippen molar-refractivity contribution in [1.82, 2.24) is 5.32 Å². The van der Waals surface area contributed by atoms with Crippen molar-refractivity contribution in [3.05, 3.63) is 53.3 Å². The number of esters is 1. The number of ketones is 1. The number of allylic oxidation sites excluding steroid dienone is 2. The molecule has 6 N–H and O–H groups in total. The van der Waals surface area contributed by atoms with E-state index >= 15 is 0 Å². The van der Waals surface area contributed by atoms with E-state index in [4.69, 9.17) is 23.7 Å². The van der Waals surface area contributed by atoms with Gasteiger partial charge in [0.05, 0.1) is 41.2 Å². The third-order valence-corrected chi connectivity index (χ3v) is 10.6. The van der Waals surface area contributed by atoms with Crippen LogP contribution in [-0.4, -0.2) is 94.5 Å². The van der Waals surface area contributed by atoms with Crippen LogP contribution in [0.4, 0.5) is 5.69 Å². The first kappa shape index (κ1) is 43.6. The molecule has 3 aliphatic rings. The predicted molar refractivity (Wildman–Crippen MR) is 206 cm³/mol. The SMILES string of the molecule is CCNC(=O)COc1cc2c(O)c3c(O)c(C)c4c(c13)C(=O)[C@@](C)(O/C=C/[C@H](OC)[C@H](C)[C@H](OC(C)=O)[C@H](C)[C@H](O)[C@H](C)[C@@H](O)[C@@H](C)/C=C/C=C(/C)C(=O)N2)O4. The molecule has 5 bridgehead atoms. The molecule has 2 amide bonds. The van der Waals surface area contributed by atoms with E-state index < -0.39 is 95.5 Å². The summed E-state index contributed by atoms with van der Waals surface area (Å²) in [7, 11) is 1.43. The number of aromatic hydroxyl groups is 2. The third kappa shape index (κ3) is 8.79. The molecule has 2 aromatic rings. The average molecular weight is 783 g/mol. The number of rotatable bonds is 6. The minimum absolute atomic E-state index is 0.0639. The van der Waals surface area contributed by atoms with Gasteiger partial charge in [0, 0.05) is 73.8 Å². The maximum Gasteiger partial charge on any atom is 0.312 e. The van der Waals surface area contributed by atoms with Crippen LogP contribution < -0.4 is 20.1 Å². The van der Waals surface area contributed by atoms with Crippen LogP contribution in [0, 0.1) is 30.6 Å². The second-order valence-electron chi connectivity index (χ2n) is 14.6. The normalized spacial score (nSPS) is 30.8. The van der Waals surface area contributed by atoms with Gasteiger partial charge < -0.3 is 54.7 Å². The summed E-state index contributed by atoms with van der Waals surface area (Å²) in [6.45, 7) is 14.0. The first-order valence-corrected chi connectivity index (χ1v) is 18.5. The molecule has 3 aliphatic heterocycles. The number of methoxy groups -OCH3 is 1. The number of ether oxygens (including phenoxy) is 5. The minimum Gasteiger partial charge on any atom is -0.507 e. The summed E-state index contributed by atoms with van der Waals surface area (Å²) in [5, 5.41) is 50.7. The molecule has 306 valence electrons. The number of nitrogens with one attached hydrogen (secondary N) is 2. The Kier molecular flexibility index (Phi) is 13.8. The second kappa shape index (κ2) is 17.8. The predicted octanol–water partition coefficient (Wildman–Crippen LogP) is 4.56. The maximum absolute atomic E-state index is 14.3. The molecule has 0 spiro atoms. The first-order chi connectivity index (χ1) is 26.3. The lowest BCUT2D eigenvalue weighted by molar-refractivity contribution is -0.160. The van der Waals surface area contributed by atoms with Gasteiger partial charge in [0.1, 0.15) is 23.4 Å². The monoisotopic (exact) mass is 782 g/mol. The number of phenols is 2. The topological polar surface area (TPSA) is 219 Å². The number of hydrogen-bond acceptors (Lipinski definition) is 13. The van der Waals surface area contributed by atoms with Gasteiger partial charge in [-0.1, -0.05) is 45.9 Å². The summed E-state index contributed by atoms with van der Waals surface area (Å²) < 4.78 is 29.4. The molecular weight excluding hydrogens is 728 g/mol. The van der Waals surface area contributed by atoms with Crippen LogP contribution in [0.25, 0.3) is 10.8 Å². The number of carbonyl (C=O) groups excluding carboxylic acids is 4. The summed E-state index contributed by atoms with van der Waals surface area (Å²) in [5.74, 6) is -8.18. The van der Waals surface area contributed by atoms with Crippen molar-refractivity contribution in [3.63, 3.8) is 0 Å². The molecule has 0 unspecified atom stereocenters. The number of Topliss-reactive ketones (excluding diaryl/α,β-unsaturated/α-hetero) is 1. The molecule has 9 atom stereocenters. The number of phenolic OH excluding ortho intramolecular Hbond substituents is 2. The first-order valence-electron chi connectivity index (χ1n) is 18.5. The van der Waals surface area contributed by atoms with Crippen molar-refractivity contribution < 1.29 is 63.3 Å². The van der Waals surface area contributed by atoms with E-state index in [0.717, 1.165) is 0 Å². The highest BCUT2D eigenvalue weighted by atomic mass is 16.7. The number of anilines is 1. The molecule has 56 heavy (non-hydrogen) atoms. The van der Waals surface area contributed by atoms with Gasteiger partial charge in [-0.25, -0.2) is 0 Å². The Bertz CT molecular complexity index is 1940. The smallest absolute Gasteiger partial charge is 0.312 e. The fourth-order valence-electron chi connectivity index (χ4n) is 7.14. The van der Waals surface area contributed by atoms with E-state index in [-0.39, 0.29) is 44.7 Å². The van der Waals surface area contributed by atoms with Gasteiger partial charge in [-0.3, -0.25) is 19.2 Å². The molecule has 0 saturated heterocycles. The molecule has 5 rings (SSSR count). The lowest BCUT2D eigenvalue weighted by Crippen LogP contribution is -2.46. The van der Waals surface area contributed by atoms with Crippen molar-refractivity contribution in [1.29, 1.82) is 0 Å². The summed E-state index contributed by atoms with van der Waals surface area (Å²) in [6, 6.07) is 1.24. The number of amides is 2. The molecule has 0 aliphatic carbocycles. The molecule has 3 heterocycles. The molecule has 15 nitrogen and oxygen atoms in total. The van der Waals surface area contributed by atoms with E-state index in [0.29, 0.717) is 6.54 Å². The number of benzene rings is 2. The van der Waals surface area contributed by atoms with Gasteiger partial charge in [-0.2, -0.15) is 0 Å². The summed E-state index contributed by atoms with van der Waals surface area (Å²) >= 11 is 0. The van der Waals surface area contributed by atoms with Crippen molar-refractivity contribution in [3.8, 4) is 23.0 Å². The number of fused-ring (bicyclic) bond motifs is 14. The van der Waals surface area contributed by atoms with Crippen molar-refractivity contribution in [2.45, 2.75) is 92.5 Å². The van der Waals surface area contributed by atoms with E-state index in [2.05, 4.69) is 10.6 Å². The highest BCUT2D eigenvalue weighted by Crippen LogP contribution is 2.54. The molecule has 15 heteroatoms. The van der Waals surface area contributed by atoms with Crippen LogP contribution in [-0.2, 0) is 28.6 Å². The highest BCUT2D eigenvalue weighted by Gasteiger charge is 2.49. The quantitative estimate of drug-likeness (QED) is 0.175. The number of hydrogen-bond donors (Lipinski definition) is 6. The molecule has 0 fully saturated rings. The van der Waals surface area contributed by atoms with Gasteiger partial charge in [0.25, 0.3) is 17.6 Å². The van der Waals surface area contributed by atoms with Crippen LogP contribution in [0.3, 0.4) is 0 Å². The number of likely N-dealkylation sites (N-methyl/N-ethyl adjacent to an activating group) is 1. The van der Waals surface area contributed by atoms with Gasteiger partial charge in [0.2, 0.25) is 0 Å². The van der Waals surface area contributed by atoms with Gasteiger partial charge in [0.15, 0.2) is 12.4 Å². The lowest BCUT2D eigenvalue weighted by atomic mass is 9.78. The number of carbonyl (C=O) groups is 4. The lowest BCUT2D eigenvalue weighted by Gasteiger charge is -2.38. The molecule has 0 aromatic heterocycles. The number of aliphatic hydroxyl groups excluding tert-OH is 2. The van der Waals surface area contributed by atoms with Crippen molar-refractivity contribution >= 4 is 40.0 Å². The van der Waals surface area contributed by atoms with Gasteiger partial charge >= 0.3 is 11.8 Å². The van der Waals surface area contributed by atoms with Crippen molar-refractivity contribution in [2.75, 3.05) is 25.6 Å². The Morgan fingerprint density at radius 2 is 1.66 bits per heavy atom. The average Bonchev–Trinajstić information content (AvgIpc) is 3.42. The van der Waals surface area contributed by atoms with Crippen LogP contribution in [0.1, 0.15) is 71.3 Å². The van der Waals surface area contributed by atoms with E-state index in [1.165, 1.54) is 59.3 Å². The molecule has 2 aromatic carbocycles. The summed E-state index contributed by atoms with van der Waals surface area (Å²) in [5.41, 5.74) is -0.0351. The fraction of sp³-hybridized carbons (Fsp3) is 0.512. The maximum atomic E-state index is 14.3. The molecule has 0 radical (unpaired) electrons. The van der Waals surface area contributed by atoms with Crippen LogP contribution >= 0.6 is 0 Å². The molecule has 0 saturated carbocycles. The van der Waals surface area contributed by atoms with E-state index in [9.17, 15) is 39.6 Å². The zero-order valence-electron chi connectivity index (χ0n) is 33.5. The van der Waals surface area contributed by atoms with Crippen LogP contribution in [0.2, 0.25) is 0 Å². The Morgan fingerprint density at radius 3 is 2.29 bits per heavy atom. The van der Waals surface area contributed by atoms with Gasteiger partial charge in [-0.05, 0) is 26.8 Å². The second-order valence-corrected chi connectivity index (χ2v) is 14.6. The zero-order chi connectivity index (χ0) is 41.8. The standard InChI is InChI=1S/C41H54N2O13/c1-11-42-29(45)18-53-28-17-26-36(49)31-30(28)32-38(24(7)35(31)48)56-41(9,39(32)50)54-16-15-27(52-10)21(4)37(55-25(8)44)23(6)34(47)22(5)33(46)19(2)13-12-14-20(3)40(51)43-26/h12-17,19,21-23,27,33-34,37,46-49H,11,18H2,1-10H3,(H,42,45)(H,43,51)/b13-12+,16-15+,20-14-/t19-,21-,22+,23+,27-,33-,34+,37-,41-/m0/s1. The van der Waals surface area contributed by atoms with Crippen LogP contribution in [0.5, 0.6) is 23.0 Å². The summed E-state index contributed by atoms with van der Waals surface area (Å²) in [6.07, 6.45) is 3.57. The summed E-state index contributed by atoms with van der Waals surface area (Å²) in [4.78, 5) is 52.6. The highest BCUT2D eigenvalue weighted by molar-refractivity contribution is 6.21.